The summed E-state index contributed by atoms with van der Waals surface area (Å²) in [5, 5.41) is 3.74. The molecule has 1 aromatic carbocycles. The van der Waals surface area contributed by atoms with Gasteiger partial charge >= 0.3 is 0 Å². The van der Waals surface area contributed by atoms with Gasteiger partial charge in [-0.2, -0.15) is 0 Å². The Morgan fingerprint density at radius 3 is 3.12 bits per heavy atom. The number of para-hydroxylation sites is 1. The summed E-state index contributed by atoms with van der Waals surface area (Å²) in [5.74, 6) is 1.18. The quantitative estimate of drug-likeness (QED) is 0.863. The van der Waals surface area contributed by atoms with Crippen molar-refractivity contribution in [1.82, 2.24) is 5.32 Å². The van der Waals surface area contributed by atoms with Crippen molar-refractivity contribution in [3.8, 4) is 5.75 Å². The number of ether oxygens (including phenoxy) is 1. The van der Waals surface area contributed by atoms with Gasteiger partial charge in [0.1, 0.15) is 5.75 Å². The van der Waals surface area contributed by atoms with E-state index in [0.717, 1.165) is 19.6 Å². The molecule has 0 radical (unpaired) electrons. The maximum Gasteiger partial charge on any atom is 0.127 e. The summed E-state index contributed by atoms with van der Waals surface area (Å²) in [5.41, 5.74) is 2.99. The Labute approximate surface area is 103 Å². The van der Waals surface area contributed by atoms with Crippen molar-refractivity contribution in [2.24, 2.45) is 0 Å². The molecule has 2 heteroatoms. The predicted octanol–water partition coefficient (Wildman–Crippen LogP) is 3.00. The lowest BCUT2D eigenvalue weighted by Crippen LogP contribution is -2.36. The highest BCUT2D eigenvalue weighted by molar-refractivity contribution is 5.48. The summed E-state index contributed by atoms with van der Waals surface area (Å²) in [6, 6.07) is 6.67. The largest absolute Gasteiger partial charge is 0.493 e. The topological polar surface area (TPSA) is 21.3 Å². The maximum absolute atomic E-state index is 5.87. The van der Waals surface area contributed by atoms with Crippen molar-refractivity contribution < 1.29 is 4.74 Å². The summed E-state index contributed by atoms with van der Waals surface area (Å²) in [7, 11) is 0. The monoisotopic (exact) mass is 231 g/mol. The van der Waals surface area contributed by atoms with Crippen LogP contribution in [0.15, 0.2) is 18.2 Å². The van der Waals surface area contributed by atoms with Gasteiger partial charge in [0, 0.05) is 17.5 Å². The third kappa shape index (κ3) is 1.75. The van der Waals surface area contributed by atoms with Crippen molar-refractivity contribution in [1.29, 1.82) is 0 Å². The van der Waals surface area contributed by atoms with Gasteiger partial charge in [-0.1, -0.05) is 31.5 Å². The minimum absolute atomic E-state index is 0.185. The zero-order valence-electron chi connectivity index (χ0n) is 10.6. The molecule has 1 aromatic rings. The third-order valence-corrected chi connectivity index (χ3v) is 4.15. The highest BCUT2D eigenvalue weighted by Crippen LogP contribution is 2.43. The fourth-order valence-electron chi connectivity index (χ4n) is 3.40. The zero-order valence-corrected chi connectivity index (χ0v) is 10.6. The molecular formula is C15H21NO. The van der Waals surface area contributed by atoms with Crippen LogP contribution in [0.25, 0.3) is 0 Å². The van der Waals surface area contributed by atoms with E-state index in [1.165, 1.54) is 42.6 Å². The van der Waals surface area contributed by atoms with E-state index in [1.54, 1.807) is 0 Å². The van der Waals surface area contributed by atoms with Crippen molar-refractivity contribution in [3.63, 3.8) is 0 Å². The van der Waals surface area contributed by atoms with Gasteiger partial charge in [-0.05, 0) is 31.4 Å². The van der Waals surface area contributed by atoms with Crippen LogP contribution >= 0.6 is 0 Å². The van der Waals surface area contributed by atoms with Crippen LogP contribution in [0.5, 0.6) is 5.75 Å². The molecule has 1 atom stereocenters. The zero-order chi connectivity index (χ0) is 11.7. The molecule has 0 saturated carbocycles. The van der Waals surface area contributed by atoms with E-state index in [0.29, 0.717) is 0 Å². The second-order valence-electron chi connectivity index (χ2n) is 5.25. The third-order valence-electron chi connectivity index (χ3n) is 4.15. The van der Waals surface area contributed by atoms with Crippen molar-refractivity contribution >= 4 is 0 Å². The lowest BCUT2D eigenvalue weighted by molar-refractivity contribution is 0.313. The summed E-state index contributed by atoms with van der Waals surface area (Å²) in [6.45, 7) is 4.27. The van der Waals surface area contributed by atoms with Crippen LogP contribution in [-0.4, -0.2) is 13.2 Å². The lowest BCUT2D eigenvalue weighted by atomic mass is 9.83. The van der Waals surface area contributed by atoms with Gasteiger partial charge in [0.25, 0.3) is 0 Å². The molecule has 92 valence electrons. The van der Waals surface area contributed by atoms with Gasteiger partial charge < -0.3 is 10.1 Å². The molecule has 17 heavy (non-hydrogen) atoms. The van der Waals surface area contributed by atoms with Gasteiger partial charge in [0.15, 0.2) is 0 Å². The summed E-state index contributed by atoms with van der Waals surface area (Å²) in [6.07, 6.45) is 6.04. The van der Waals surface area contributed by atoms with Crippen molar-refractivity contribution in [3.05, 3.63) is 29.3 Å². The lowest BCUT2D eigenvalue weighted by Gasteiger charge is -2.31. The first-order chi connectivity index (χ1) is 8.36. The molecule has 2 heterocycles. The molecule has 1 unspecified atom stereocenters. The maximum atomic E-state index is 5.87. The summed E-state index contributed by atoms with van der Waals surface area (Å²) >= 11 is 0. The molecule has 1 fully saturated rings. The molecular weight excluding hydrogens is 210 g/mol. The molecule has 2 aliphatic rings. The fourth-order valence-corrected chi connectivity index (χ4v) is 3.40. The molecule has 2 aliphatic heterocycles. The van der Waals surface area contributed by atoms with Crippen LogP contribution in [0.3, 0.4) is 0 Å². The normalized spacial score (nSPS) is 26.9. The first-order valence-electron chi connectivity index (χ1n) is 6.86. The van der Waals surface area contributed by atoms with Crippen LogP contribution < -0.4 is 10.1 Å². The van der Waals surface area contributed by atoms with Gasteiger partial charge in [0.05, 0.1) is 6.61 Å². The molecule has 0 aliphatic carbocycles. The molecule has 0 amide bonds. The van der Waals surface area contributed by atoms with E-state index in [1.807, 2.05) is 0 Å². The number of benzene rings is 1. The molecule has 2 nitrogen and oxygen atoms in total. The second kappa shape index (κ2) is 4.34. The van der Waals surface area contributed by atoms with E-state index < -0.39 is 0 Å². The van der Waals surface area contributed by atoms with Gasteiger partial charge in [-0.25, -0.2) is 0 Å². The van der Waals surface area contributed by atoms with Crippen LogP contribution in [0, 0.1) is 0 Å². The minimum Gasteiger partial charge on any atom is -0.493 e. The Morgan fingerprint density at radius 2 is 2.35 bits per heavy atom. The average molecular weight is 231 g/mol. The van der Waals surface area contributed by atoms with E-state index in [2.05, 4.69) is 30.4 Å². The van der Waals surface area contributed by atoms with E-state index in [9.17, 15) is 0 Å². The number of hydrogen-bond donors (Lipinski definition) is 1. The molecule has 1 saturated heterocycles. The fraction of sp³-hybridized carbons (Fsp3) is 0.600. The van der Waals surface area contributed by atoms with Crippen LogP contribution in [0.2, 0.25) is 0 Å². The predicted molar refractivity (Wildman–Crippen MR) is 69.5 cm³/mol. The Morgan fingerprint density at radius 1 is 1.41 bits per heavy atom. The Balaban J connectivity index is 2.04. The van der Waals surface area contributed by atoms with Gasteiger partial charge in [0.2, 0.25) is 0 Å². The smallest absolute Gasteiger partial charge is 0.127 e. The molecule has 3 rings (SSSR count). The molecule has 0 spiro atoms. The molecule has 0 bridgehead atoms. The molecule has 1 N–H and O–H groups in total. The first kappa shape index (κ1) is 11.1. The van der Waals surface area contributed by atoms with Crippen LogP contribution in [0.1, 0.15) is 43.7 Å². The minimum atomic E-state index is 0.185. The van der Waals surface area contributed by atoms with Gasteiger partial charge in [-0.3, -0.25) is 0 Å². The summed E-state index contributed by atoms with van der Waals surface area (Å²) < 4.78 is 5.87. The Kier molecular flexibility index (Phi) is 2.83. The average Bonchev–Trinajstić information content (AvgIpc) is 2.97. The van der Waals surface area contributed by atoms with Crippen LogP contribution in [0.4, 0.5) is 0 Å². The van der Waals surface area contributed by atoms with E-state index >= 15 is 0 Å². The summed E-state index contributed by atoms with van der Waals surface area (Å²) in [4.78, 5) is 0. The van der Waals surface area contributed by atoms with Crippen molar-refractivity contribution in [2.75, 3.05) is 13.2 Å². The number of fused-ring (bicyclic) bond motifs is 1. The number of hydrogen-bond acceptors (Lipinski definition) is 2. The Bertz CT molecular complexity index is 407. The van der Waals surface area contributed by atoms with Gasteiger partial charge in [-0.15, -0.1) is 0 Å². The van der Waals surface area contributed by atoms with E-state index in [4.69, 9.17) is 4.74 Å². The number of rotatable bonds is 3. The first-order valence-corrected chi connectivity index (χ1v) is 6.86. The standard InChI is InChI=1S/C15H21NO/c1-2-8-15(9-4-10-16-15)13-6-3-5-12-7-11-17-14(12)13/h3,5-6,16H,2,4,7-11H2,1H3. The Hall–Kier alpha value is -1.02. The highest BCUT2D eigenvalue weighted by Gasteiger charge is 2.37. The SMILES string of the molecule is CCCC1(c2cccc3c2OCC3)CCCN1. The number of nitrogens with one attached hydrogen (secondary N) is 1. The second-order valence-corrected chi connectivity index (χ2v) is 5.25. The van der Waals surface area contributed by atoms with Crippen LogP contribution in [-0.2, 0) is 12.0 Å². The van der Waals surface area contributed by atoms with E-state index in [-0.39, 0.29) is 5.54 Å². The highest BCUT2D eigenvalue weighted by atomic mass is 16.5. The van der Waals surface area contributed by atoms with Crippen molar-refractivity contribution in [2.45, 2.75) is 44.6 Å². The molecule has 0 aromatic heterocycles.